The van der Waals surface area contributed by atoms with Gasteiger partial charge in [0, 0.05) is 19.5 Å². The average molecular weight is 259 g/mol. The van der Waals surface area contributed by atoms with Crippen LogP contribution in [0.3, 0.4) is 0 Å². The number of fused-ring (bicyclic) bond motifs is 1. The van der Waals surface area contributed by atoms with E-state index in [0.29, 0.717) is 5.41 Å². The summed E-state index contributed by atoms with van der Waals surface area (Å²) in [5.74, 6) is 1.09. The average Bonchev–Trinajstić information content (AvgIpc) is 2.87. The molecule has 0 atom stereocenters. The van der Waals surface area contributed by atoms with Crippen LogP contribution in [0.25, 0.3) is 0 Å². The highest BCUT2D eigenvalue weighted by molar-refractivity contribution is 5.39. The van der Waals surface area contributed by atoms with Crippen molar-refractivity contribution in [1.82, 2.24) is 5.32 Å². The molecule has 0 saturated heterocycles. The van der Waals surface area contributed by atoms with Gasteiger partial charge in [-0.1, -0.05) is 38.3 Å². The van der Waals surface area contributed by atoms with Crippen molar-refractivity contribution >= 4 is 0 Å². The Morgan fingerprint density at radius 2 is 2.05 bits per heavy atom. The number of hydrogen-bond donors (Lipinski definition) is 1. The van der Waals surface area contributed by atoms with Gasteiger partial charge in [-0.3, -0.25) is 0 Å². The number of nitrogens with one attached hydrogen (secondary N) is 1. The maximum atomic E-state index is 5.55. The normalized spacial score (nSPS) is 20.9. The summed E-state index contributed by atoms with van der Waals surface area (Å²) in [6.45, 7) is 5.43. The van der Waals surface area contributed by atoms with Crippen LogP contribution in [-0.2, 0) is 13.0 Å². The van der Waals surface area contributed by atoms with E-state index in [1.165, 1.54) is 43.2 Å². The first kappa shape index (κ1) is 13.0. The quantitative estimate of drug-likeness (QED) is 0.890. The van der Waals surface area contributed by atoms with Gasteiger partial charge in [-0.25, -0.2) is 0 Å². The van der Waals surface area contributed by atoms with Crippen LogP contribution in [0.2, 0.25) is 0 Å². The third-order valence-corrected chi connectivity index (χ3v) is 4.70. The van der Waals surface area contributed by atoms with Gasteiger partial charge in [0.2, 0.25) is 0 Å². The van der Waals surface area contributed by atoms with E-state index in [-0.39, 0.29) is 0 Å². The molecule has 3 rings (SSSR count). The molecule has 0 radical (unpaired) electrons. The van der Waals surface area contributed by atoms with Crippen molar-refractivity contribution in [3.8, 4) is 5.75 Å². The predicted molar refractivity (Wildman–Crippen MR) is 78.5 cm³/mol. The molecular weight excluding hydrogens is 234 g/mol. The molecule has 1 N–H and O–H groups in total. The molecule has 1 fully saturated rings. The molecule has 1 aromatic carbocycles. The minimum Gasteiger partial charge on any atom is -0.493 e. The Labute approximate surface area is 116 Å². The fourth-order valence-corrected chi connectivity index (χ4v) is 3.44. The van der Waals surface area contributed by atoms with Gasteiger partial charge in [0.15, 0.2) is 0 Å². The molecule has 1 aromatic rings. The van der Waals surface area contributed by atoms with Crippen molar-refractivity contribution in [2.24, 2.45) is 5.41 Å². The van der Waals surface area contributed by atoms with E-state index >= 15 is 0 Å². The maximum Gasteiger partial charge on any atom is 0.122 e. The summed E-state index contributed by atoms with van der Waals surface area (Å²) < 4.78 is 5.55. The SMILES string of the molecule is CC1(CNCc2ccc3c(c2)CCO3)CCCCC1. The van der Waals surface area contributed by atoms with Gasteiger partial charge < -0.3 is 10.1 Å². The Balaban J connectivity index is 1.52. The Kier molecular flexibility index (Phi) is 3.79. The maximum absolute atomic E-state index is 5.55. The van der Waals surface area contributed by atoms with Crippen molar-refractivity contribution < 1.29 is 4.74 Å². The second-order valence-electron chi connectivity index (χ2n) is 6.52. The van der Waals surface area contributed by atoms with Crippen LogP contribution < -0.4 is 10.1 Å². The largest absolute Gasteiger partial charge is 0.493 e. The second-order valence-corrected chi connectivity index (χ2v) is 6.52. The van der Waals surface area contributed by atoms with Crippen molar-refractivity contribution in [2.75, 3.05) is 13.2 Å². The molecule has 1 saturated carbocycles. The lowest BCUT2D eigenvalue weighted by molar-refractivity contribution is 0.207. The van der Waals surface area contributed by atoms with Crippen LogP contribution in [-0.4, -0.2) is 13.2 Å². The van der Waals surface area contributed by atoms with Gasteiger partial charge in [-0.15, -0.1) is 0 Å². The summed E-state index contributed by atoms with van der Waals surface area (Å²) in [6.07, 6.45) is 8.10. The van der Waals surface area contributed by atoms with E-state index in [1.807, 2.05) is 0 Å². The standard InChI is InChI=1S/C17H25NO/c1-17(8-3-2-4-9-17)13-18-12-14-5-6-16-15(11-14)7-10-19-16/h5-6,11,18H,2-4,7-10,12-13H2,1H3. The number of benzene rings is 1. The lowest BCUT2D eigenvalue weighted by atomic mass is 9.76. The van der Waals surface area contributed by atoms with Crippen LogP contribution in [0.15, 0.2) is 18.2 Å². The van der Waals surface area contributed by atoms with E-state index in [9.17, 15) is 0 Å². The van der Waals surface area contributed by atoms with Crippen molar-refractivity contribution in [3.05, 3.63) is 29.3 Å². The van der Waals surface area contributed by atoms with E-state index in [0.717, 1.165) is 31.9 Å². The minimum absolute atomic E-state index is 0.526. The molecule has 1 aliphatic heterocycles. The molecule has 104 valence electrons. The monoisotopic (exact) mass is 259 g/mol. The molecule has 0 bridgehead atoms. The van der Waals surface area contributed by atoms with Gasteiger partial charge in [0.05, 0.1) is 6.61 Å². The Morgan fingerprint density at radius 1 is 1.21 bits per heavy atom. The van der Waals surface area contributed by atoms with Crippen LogP contribution >= 0.6 is 0 Å². The van der Waals surface area contributed by atoms with E-state index in [1.54, 1.807) is 0 Å². The first-order valence-corrected chi connectivity index (χ1v) is 7.71. The van der Waals surface area contributed by atoms with Crippen LogP contribution in [0.4, 0.5) is 0 Å². The molecule has 0 aromatic heterocycles. The fourth-order valence-electron chi connectivity index (χ4n) is 3.44. The molecular formula is C17H25NO. The molecule has 2 aliphatic rings. The van der Waals surface area contributed by atoms with Gasteiger partial charge >= 0.3 is 0 Å². The summed E-state index contributed by atoms with van der Waals surface area (Å²) in [7, 11) is 0. The first-order valence-electron chi connectivity index (χ1n) is 7.71. The summed E-state index contributed by atoms with van der Waals surface area (Å²) >= 11 is 0. The molecule has 2 heteroatoms. The number of hydrogen-bond acceptors (Lipinski definition) is 2. The minimum atomic E-state index is 0.526. The van der Waals surface area contributed by atoms with Crippen LogP contribution in [0.1, 0.15) is 50.2 Å². The summed E-state index contributed by atoms with van der Waals surface area (Å²) in [4.78, 5) is 0. The zero-order chi connectivity index (χ0) is 13.1. The summed E-state index contributed by atoms with van der Waals surface area (Å²) in [5, 5.41) is 3.66. The first-order chi connectivity index (χ1) is 9.25. The number of ether oxygens (including phenoxy) is 1. The zero-order valence-electron chi connectivity index (χ0n) is 12.0. The van der Waals surface area contributed by atoms with Gasteiger partial charge in [-0.05, 0) is 35.4 Å². The molecule has 1 heterocycles. The van der Waals surface area contributed by atoms with E-state index in [4.69, 9.17) is 4.74 Å². The van der Waals surface area contributed by atoms with Gasteiger partial charge in [-0.2, -0.15) is 0 Å². The summed E-state index contributed by atoms with van der Waals surface area (Å²) in [5.41, 5.74) is 3.30. The van der Waals surface area contributed by atoms with Crippen molar-refractivity contribution in [1.29, 1.82) is 0 Å². The lowest BCUT2D eigenvalue weighted by Gasteiger charge is -2.33. The third-order valence-electron chi connectivity index (χ3n) is 4.70. The Bertz CT molecular complexity index is 435. The fraction of sp³-hybridized carbons (Fsp3) is 0.647. The van der Waals surface area contributed by atoms with Crippen LogP contribution in [0.5, 0.6) is 5.75 Å². The van der Waals surface area contributed by atoms with Crippen molar-refractivity contribution in [3.63, 3.8) is 0 Å². The lowest BCUT2D eigenvalue weighted by Crippen LogP contribution is -2.33. The highest BCUT2D eigenvalue weighted by atomic mass is 16.5. The van der Waals surface area contributed by atoms with Gasteiger partial charge in [0.25, 0.3) is 0 Å². The number of rotatable bonds is 4. The Hall–Kier alpha value is -1.02. The molecule has 2 nitrogen and oxygen atoms in total. The third kappa shape index (κ3) is 3.11. The molecule has 0 amide bonds. The molecule has 0 unspecified atom stereocenters. The molecule has 1 aliphatic carbocycles. The van der Waals surface area contributed by atoms with Crippen molar-refractivity contribution in [2.45, 2.75) is 52.0 Å². The topological polar surface area (TPSA) is 21.3 Å². The summed E-state index contributed by atoms with van der Waals surface area (Å²) in [6, 6.07) is 6.63. The second kappa shape index (κ2) is 5.54. The highest BCUT2D eigenvalue weighted by Crippen LogP contribution is 2.35. The highest BCUT2D eigenvalue weighted by Gasteiger charge is 2.26. The zero-order valence-corrected chi connectivity index (χ0v) is 12.0. The van der Waals surface area contributed by atoms with Crippen LogP contribution in [0, 0.1) is 5.41 Å². The molecule has 0 spiro atoms. The van der Waals surface area contributed by atoms with E-state index < -0.39 is 0 Å². The van der Waals surface area contributed by atoms with Gasteiger partial charge in [0.1, 0.15) is 5.75 Å². The predicted octanol–water partition coefficient (Wildman–Crippen LogP) is 3.68. The Morgan fingerprint density at radius 3 is 2.89 bits per heavy atom. The molecule has 19 heavy (non-hydrogen) atoms. The van der Waals surface area contributed by atoms with E-state index in [2.05, 4.69) is 30.4 Å². The smallest absolute Gasteiger partial charge is 0.122 e.